The molecule has 0 aliphatic carbocycles. The molecule has 0 aliphatic rings. The first kappa shape index (κ1) is 25.0. The molecule has 0 saturated carbocycles. The number of hydrogen-bond donors (Lipinski definition) is 2. The third-order valence-electron chi connectivity index (χ3n) is 6.55. The van der Waals surface area contributed by atoms with Crippen molar-refractivity contribution in [1.82, 2.24) is 4.57 Å². The van der Waals surface area contributed by atoms with Gasteiger partial charge in [-0.05, 0) is 76.3 Å². The van der Waals surface area contributed by atoms with Gasteiger partial charge in [-0.25, -0.2) is 0 Å². The summed E-state index contributed by atoms with van der Waals surface area (Å²) in [5.74, 6) is 0.779. The molecule has 2 aromatic carbocycles. The minimum absolute atomic E-state index is 0.154. The zero-order chi connectivity index (χ0) is 25.1. The van der Waals surface area contributed by atoms with E-state index in [4.69, 9.17) is 0 Å². The smallest absolute Gasteiger partial charge is 0.123 e. The molecule has 0 bridgehead atoms. The fourth-order valence-electron chi connectivity index (χ4n) is 4.52. The summed E-state index contributed by atoms with van der Waals surface area (Å²) in [5.41, 5.74) is 7.64. The number of aromatic hydroxyl groups is 2. The van der Waals surface area contributed by atoms with Gasteiger partial charge in [-0.1, -0.05) is 62.3 Å². The van der Waals surface area contributed by atoms with Gasteiger partial charge in [-0.15, -0.1) is 0 Å². The van der Waals surface area contributed by atoms with Crippen molar-refractivity contribution in [2.24, 2.45) is 7.05 Å². The maximum absolute atomic E-state index is 11.1. The van der Waals surface area contributed by atoms with E-state index >= 15 is 0 Å². The van der Waals surface area contributed by atoms with Gasteiger partial charge < -0.3 is 14.8 Å². The number of phenolic OH excluding ortho intramolecular Hbond substituents is 2. The van der Waals surface area contributed by atoms with E-state index in [0.717, 1.165) is 44.8 Å². The topological polar surface area (TPSA) is 45.4 Å². The first-order chi connectivity index (χ1) is 14.9. The van der Waals surface area contributed by atoms with Gasteiger partial charge in [0.25, 0.3) is 0 Å². The Bertz CT molecular complexity index is 1160. The van der Waals surface area contributed by atoms with E-state index in [1.807, 2.05) is 6.92 Å². The van der Waals surface area contributed by atoms with E-state index in [-0.39, 0.29) is 16.2 Å². The van der Waals surface area contributed by atoms with E-state index in [1.54, 1.807) is 0 Å². The maximum Gasteiger partial charge on any atom is 0.123 e. The zero-order valence-electron chi connectivity index (χ0n) is 22.3. The van der Waals surface area contributed by atoms with Crippen molar-refractivity contribution in [3.8, 4) is 34.0 Å². The van der Waals surface area contributed by atoms with Crippen LogP contribution < -0.4 is 0 Å². The summed E-state index contributed by atoms with van der Waals surface area (Å²) in [7, 11) is 2.09. The van der Waals surface area contributed by atoms with Crippen LogP contribution in [0.4, 0.5) is 0 Å². The molecule has 0 spiro atoms. The highest BCUT2D eigenvalue weighted by Gasteiger charge is 2.28. The van der Waals surface area contributed by atoms with Gasteiger partial charge in [0, 0.05) is 35.1 Å². The molecule has 0 atom stereocenters. The van der Waals surface area contributed by atoms with Gasteiger partial charge in [0.15, 0.2) is 0 Å². The Morgan fingerprint density at radius 1 is 0.576 bits per heavy atom. The van der Waals surface area contributed by atoms with Crippen molar-refractivity contribution in [1.29, 1.82) is 0 Å². The van der Waals surface area contributed by atoms with E-state index in [1.165, 1.54) is 0 Å². The number of phenols is 2. The molecule has 3 heteroatoms. The van der Waals surface area contributed by atoms with Crippen molar-refractivity contribution in [3.63, 3.8) is 0 Å². The number of aromatic nitrogens is 1. The lowest BCUT2D eigenvalue weighted by Crippen LogP contribution is -2.17. The monoisotopic (exact) mass is 447 g/mol. The lowest BCUT2D eigenvalue weighted by molar-refractivity contribution is 0.423. The third-order valence-corrected chi connectivity index (χ3v) is 6.55. The summed E-state index contributed by atoms with van der Waals surface area (Å²) in [6.45, 7) is 21.2. The lowest BCUT2D eigenvalue weighted by Gasteiger charge is -2.28. The number of aryl methyl sites for hydroxylation is 1. The van der Waals surface area contributed by atoms with Gasteiger partial charge in [0.1, 0.15) is 11.5 Å². The van der Waals surface area contributed by atoms with Crippen LogP contribution in [0.25, 0.3) is 22.5 Å². The summed E-state index contributed by atoms with van der Waals surface area (Å²) < 4.78 is 2.21. The van der Waals surface area contributed by atoms with E-state index in [0.29, 0.717) is 11.5 Å². The largest absolute Gasteiger partial charge is 0.507 e. The maximum atomic E-state index is 11.1. The first-order valence-electron chi connectivity index (χ1n) is 11.8. The van der Waals surface area contributed by atoms with E-state index in [2.05, 4.69) is 110 Å². The second kappa shape index (κ2) is 7.97. The quantitative estimate of drug-likeness (QED) is 0.418. The van der Waals surface area contributed by atoms with Crippen LogP contribution in [0.2, 0.25) is 0 Å². The fourth-order valence-corrected chi connectivity index (χ4v) is 4.52. The van der Waals surface area contributed by atoms with Gasteiger partial charge in [-0.2, -0.15) is 0 Å². The molecule has 1 aromatic heterocycles. The Balaban J connectivity index is 2.24. The Hall–Kier alpha value is -2.68. The highest BCUT2D eigenvalue weighted by atomic mass is 16.3. The molecule has 0 radical (unpaired) electrons. The Morgan fingerprint density at radius 3 is 1.27 bits per heavy atom. The molecule has 3 rings (SSSR count). The van der Waals surface area contributed by atoms with Crippen LogP contribution in [0.15, 0.2) is 36.4 Å². The van der Waals surface area contributed by atoms with Crippen LogP contribution in [-0.2, 0) is 23.3 Å². The molecule has 0 saturated heterocycles. The number of rotatable bonds is 2. The fraction of sp³-hybridized carbons (Fsp3) is 0.467. The van der Waals surface area contributed by atoms with Crippen molar-refractivity contribution in [3.05, 3.63) is 58.7 Å². The highest BCUT2D eigenvalue weighted by molar-refractivity contribution is 5.74. The first-order valence-corrected chi connectivity index (χ1v) is 11.8. The predicted molar refractivity (Wildman–Crippen MR) is 140 cm³/mol. The Morgan fingerprint density at radius 2 is 0.909 bits per heavy atom. The number of nitrogens with zero attached hydrogens (tertiary/aromatic N) is 1. The molecule has 2 N–H and O–H groups in total. The molecule has 3 aromatic rings. The molecule has 178 valence electrons. The standard InChI is InChI=1S/C30H41NO2/c1-18-14-19(15-21(26(18)32)28(2,3)4)24-12-13-25(31(24)11)20-16-22(29(5,6)7)27(33)23(17-20)30(8,9)10/h12-17,32-33H,1-11H3. The molecule has 0 unspecified atom stereocenters. The summed E-state index contributed by atoms with van der Waals surface area (Å²) >= 11 is 0. The van der Waals surface area contributed by atoms with Gasteiger partial charge in [0.05, 0.1) is 0 Å². The summed E-state index contributed by atoms with van der Waals surface area (Å²) in [4.78, 5) is 0. The van der Waals surface area contributed by atoms with Crippen LogP contribution in [0.5, 0.6) is 11.5 Å². The van der Waals surface area contributed by atoms with Crippen LogP contribution in [0, 0.1) is 6.92 Å². The van der Waals surface area contributed by atoms with Gasteiger partial charge in [-0.3, -0.25) is 0 Å². The minimum atomic E-state index is -0.177. The molecule has 0 fully saturated rings. The molecular formula is C30H41NO2. The summed E-state index contributed by atoms with van der Waals surface area (Å²) in [6, 6.07) is 12.7. The summed E-state index contributed by atoms with van der Waals surface area (Å²) in [5, 5.41) is 21.8. The van der Waals surface area contributed by atoms with Crippen LogP contribution in [0.1, 0.15) is 84.6 Å². The second-order valence-corrected chi connectivity index (χ2v) is 12.5. The van der Waals surface area contributed by atoms with Crippen LogP contribution in [-0.4, -0.2) is 14.8 Å². The molecule has 3 nitrogen and oxygen atoms in total. The van der Waals surface area contributed by atoms with Crippen LogP contribution in [0.3, 0.4) is 0 Å². The average molecular weight is 448 g/mol. The number of benzene rings is 2. The SMILES string of the molecule is Cc1cc(-c2ccc(-c3cc(C(C)(C)C)c(O)c(C(C)(C)C)c3)n2C)cc(C(C)(C)C)c1O. The number of hydrogen-bond acceptors (Lipinski definition) is 2. The lowest BCUT2D eigenvalue weighted by atomic mass is 9.78. The van der Waals surface area contributed by atoms with Crippen LogP contribution >= 0.6 is 0 Å². The van der Waals surface area contributed by atoms with Gasteiger partial charge >= 0.3 is 0 Å². The molecular weight excluding hydrogens is 406 g/mol. The van der Waals surface area contributed by atoms with E-state index in [9.17, 15) is 10.2 Å². The molecule has 33 heavy (non-hydrogen) atoms. The van der Waals surface area contributed by atoms with Crippen molar-refractivity contribution in [2.75, 3.05) is 0 Å². The molecule has 1 heterocycles. The zero-order valence-corrected chi connectivity index (χ0v) is 22.3. The predicted octanol–water partition coefficient (Wildman–Crippen LogP) is 7.97. The van der Waals surface area contributed by atoms with Crippen molar-refractivity contribution >= 4 is 0 Å². The van der Waals surface area contributed by atoms with Crippen molar-refractivity contribution < 1.29 is 10.2 Å². The molecule has 0 aliphatic heterocycles. The van der Waals surface area contributed by atoms with E-state index < -0.39 is 0 Å². The summed E-state index contributed by atoms with van der Waals surface area (Å²) in [6.07, 6.45) is 0. The molecule has 0 amide bonds. The van der Waals surface area contributed by atoms with Crippen molar-refractivity contribution in [2.45, 2.75) is 85.5 Å². The average Bonchev–Trinajstić information content (AvgIpc) is 3.02. The Labute approximate surface area is 200 Å². The third kappa shape index (κ3) is 4.69. The Kier molecular flexibility index (Phi) is 6.03. The van der Waals surface area contributed by atoms with Gasteiger partial charge in [0.2, 0.25) is 0 Å². The second-order valence-electron chi connectivity index (χ2n) is 12.5. The normalized spacial score (nSPS) is 12.9. The minimum Gasteiger partial charge on any atom is -0.507 e. The highest BCUT2D eigenvalue weighted by Crippen LogP contribution is 2.43.